The van der Waals surface area contributed by atoms with Crippen LogP contribution in [-0.2, 0) is 56.8 Å². The van der Waals surface area contributed by atoms with Crippen molar-refractivity contribution in [1.82, 2.24) is 0 Å². The van der Waals surface area contributed by atoms with Gasteiger partial charge in [-0.2, -0.15) is 0 Å². The maximum Gasteiger partial charge on any atom is 0.169 e. The number of aliphatic hydroxyl groups is 6. The van der Waals surface area contributed by atoms with Gasteiger partial charge >= 0.3 is 0 Å². The molecule has 6 aliphatic heterocycles. The highest BCUT2D eigenvalue weighted by Crippen LogP contribution is 2.55. The van der Waals surface area contributed by atoms with Crippen molar-refractivity contribution < 1.29 is 87.5 Å². The molecule has 15 rings (SSSR count). The summed E-state index contributed by atoms with van der Waals surface area (Å²) in [4.78, 5) is 0. The van der Waals surface area contributed by atoms with E-state index in [1.807, 2.05) is 0 Å². The first-order valence-corrected chi connectivity index (χ1v) is 29.1. The molecule has 0 bridgehead atoms. The Morgan fingerprint density at radius 3 is 0.444 bits per heavy atom. The predicted molar refractivity (Wildman–Crippen MR) is 249 cm³/mol. The summed E-state index contributed by atoms with van der Waals surface area (Å²) < 4.78 is 75.0. The molecule has 6 heterocycles. The van der Waals surface area contributed by atoms with Gasteiger partial charge in [-0.15, -0.1) is 0 Å². The second-order valence-corrected chi connectivity index (χ2v) is 24.8. The summed E-state index contributed by atoms with van der Waals surface area (Å²) in [5.41, 5.74) is 0. The van der Waals surface area contributed by atoms with Crippen molar-refractivity contribution >= 4 is 0 Å². The molecule has 2 unspecified atom stereocenters. The lowest BCUT2D eigenvalue weighted by atomic mass is 9.85. The van der Waals surface area contributed by atoms with E-state index in [9.17, 15) is 30.6 Å². The van der Waals surface area contributed by atoms with Crippen LogP contribution < -0.4 is 0 Å². The topological polar surface area (TPSA) is 232 Å². The number of aliphatic hydroxyl groups excluding tert-OH is 6. The van der Waals surface area contributed by atoms with Crippen LogP contribution in [0.15, 0.2) is 0 Å². The van der Waals surface area contributed by atoms with Gasteiger partial charge in [0, 0.05) is 77.0 Å². The van der Waals surface area contributed by atoms with Crippen LogP contribution in [0.2, 0.25) is 0 Å². The van der Waals surface area contributed by atoms with Crippen LogP contribution in [0.5, 0.6) is 0 Å². The fourth-order valence-corrected chi connectivity index (χ4v) is 16.2. The summed E-state index contributed by atoms with van der Waals surface area (Å²) in [5, 5.41) is 64.2. The first kappa shape index (κ1) is 50.8. The molecule has 9 aliphatic carbocycles. The fraction of sp³-hybridized carbons (Fsp3) is 1.00. The van der Waals surface area contributed by atoms with E-state index in [0.29, 0.717) is 0 Å². The third kappa shape index (κ3) is 8.83. The largest absolute Gasteiger partial charge is 0.387 e. The number of fused-ring (bicyclic) bond motifs is 8. The number of ether oxygens (including phenoxy) is 12. The van der Waals surface area contributed by atoms with E-state index in [2.05, 4.69) is 0 Å². The molecular weight excluding hydrogens is 937 g/mol. The number of rotatable bonds is 0. The highest BCUT2D eigenvalue weighted by Gasteiger charge is 2.69. The fourth-order valence-electron chi connectivity index (χ4n) is 16.2. The second-order valence-electron chi connectivity index (χ2n) is 24.8. The van der Waals surface area contributed by atoms with Crippen molar-refractivity contribution in [1.29, 1.82) is 0 Å². The van der Waals surface area contributed by atoms with Crippen LogP contribution in [0.1, 0.15) is 193 Å². The van der Waals surface area contributed by atoms with E-state index in [0.717, 1.165) is 154 Å². The Kier molecular flexibility index (Phi) is 13.8. The van der Waals surface area contributed by atoms with Crippen LogP contribution >= 0.6 is 0 Å². The van der Waals surface area contributed by atoms with Crippen molar-refractivity contribution in [3.05, 3.63) is 0 Å². The predicted octanol–water partition coefficient (Wildman–Crippen LogP) is 4.83. The standard InChI is InChI=1S/3C18H28O6/c19-11-13-14(22-17(21-13)7-3-1-4-8-17)12(20)16-15(11)23-18(24-16)9-5-2-6-10-18;2*19-11-12(20)14-16(24-18(22-14)9-5-2-6-10-18)15-13(11)21-17(23-15)7-3-1-4-8-17/h3*11-16,19-20H,1-10H2/t11?,12?,13-,14-,15-,16+;11-,12-,13+,14+,15-,16+;11-,12-,13-,14+,15-,16-/m000/s1. The van der Waals surface area contributed by atoms with Gasteiger partial charge in [0.1, 0.15) is 110 Å². The molecule has 408 valence electrons. The molecular formula is C54H84O18. The number of hydrogen-bond acceptors (Lipinski definition) is 18. The molecule has 18 atom stereocenters. The zero-order valence-corrected chi connectivity index (χ0v) is 42.2. The molecule has 0 amide bonds. The van der Waals surface area contributed by atoms with Crippen molar-refractivity contribution in [2.45, 2.75) is 337 Å². The zero-order valence-electron chi connectivity index (χ0n) is 42.2. The summed E-state index contributed by atoms with van der Waals surface area (Å²) in [6, 6.07) is 0. The van der Waals surface area contributed by atoms with E-state index in [4.69, 9.17) is 56.8 Å². The van der Waals surface area contributed by atoms with Crippen LogP contribution in [0.4, 0.5) is 0 Å². The maximum atomic E-state index is 10.9. The third-order valence-corrected chi connectivity index (χ3v) is 19.9. The Balaban J connectivity index is 0.000000105. The summed E-state index contributed by atoms with van der Waals surface area (Å²) in [7, 11) is 0. The molecule has 6 saturated heterocycles. The Morgan fingerprint density at radius 2 is 0.292 bits per heavy atom. The van der Waals surface area contributed by atoms with Gasteiger partial charge in [-0.25, -0.2) is 0 Å². The molecule has 18 heteroatoms. The molecule has 15 fully saturated rings. The normalized spacial score (nSPS) is 49.2. The quantitative estimate of drug-likeness (QED) is 0.191. The SMILES string of the molecule is OC1[C@H]2OC3(CCCCC3)O[C@H]2C(O)[C@@H]2OC3(CCCCC3)O[C@@H]12.O[C@H]1[C@H](O)[C@@H]2OC3(CCCCC3)O[C@@H]2[C@H]2OC3(CCCCC3)O[C@H]12.O[C@H]1[C@H](O)[C@H]2OC3(CCCCC3)O[C@H]2[C@H]2OC3(CCCCC3)O[C@H]12. The Hall–Kier alpha value is -0.720. The lowest BCUT2D eigenvalue weighted by Crippen LogP contribution is -2.61. The minimum Gasteiger partial charge on any atom is -0.387 e. The lowest BCUT2D eigenvalue weighted by molar-refractivity contribution is -0.224. The molecule has 0 aromatic carbocycles. The molecule has 0 radical (unpaired) electrons. The summed E-state index contributed by atoms with van der Waals surface area (Å²) in [6.07, 6.45) is 19.0. The Bertz CT molecular complexity index is 1620. The number of hydrogen-bond donors (Lipinski definition) is 6. The van der Waals surface area contributed by atoms with E-state index >= 15 is 0 Å². The molecule has 6 spiro atoms. The van der Waals surface area contributed by atoms with Crippen LogP contribution in [0, 0.1) is 0 Å². The average molecular weight is 1020 g/mol. The molecule has 0 aromatic heterocycles. The third-order valence-electron chi connectivity index (χ3n) is 19.9. The lowest BCUT2D eigenvalue weighted by Gasteiger charge is -2.38. The van der Waals surface area contributed by atoms with Crippen LogP contribution in [0.25, 0.3) is 0 Å². The first-order chi connectivity index (χ1) is 34.8. The van der Waals surface area contributed by atoms with Gasteiger partial charge < -0.3 is 87.5 Å². The van der Waals surface area contributed by atoms with Gasteiger partial charge in [0.25, 0.3) is 0 Å². The van der Waals surface area contributed by atoms with Gasteiger partial charge in [0.05, 0.1) is 0 Å². The Morgan fingerprint density at radius 1 is 0.167 bits per heavy atom. The van der Waals surface area contributed by atoms with Crippen molar-refractivity contribution in [3.8, 4) is 0 Å². The molecule has 72 heavy (non-hydrogen) atoms. The van der Waals surface area contributed by atoms with Gasteiger partial charge in [0.15, 0.2) is 34.7 Å². The van der Waals surface area contributed by atoms with Gasteiger partial charge in [-0.3, -0.25) is 0 Å². The van der Waals surface area contributed by atoms with Gasteiger partial charge in [-0.05, 0) is 77.0 Å². The van der Waals surface area contributed by atoms with E-state index in [-0.39, 0.29) is 24.4 Å². The zero-order chi connectivity index (χ0) is 49.1. The molecule has 18 nitrogen and oxygen atoms in total. The van der Waals surface area contributed by atoms with E-state index < -0.39 is 120 Å². The molecule has 0 aromatic rings. The average Bonchev–Trinajstić information content (AvgIpc) is 4.27. The molecule has 9 saturated carbocycles. The van der Waals surface area contributed by atoms with Crippen molar-refractivity contribution in [3.63, 3.8) is 0 Å². The summed E-state index contributed by atoms with van der Waals surface area (Å²) in [6.45, 7) is 0. The minimum atomic E-state index is -0.986. The van der Waals surface area contributed by atoms with E-state index in [1.165, 1.54) is 38.5 Å². The van der Waals surface area contributed by atoms with Gasteiger partial charge in [-0.1, -0.05) is 38.5 Å². The smallest absolute Gasteiger partial charge is 0.169 e. The highest BCUT2D eigenvalue weighted by molar-refractivity contribution is 5.12. The van der Waals surface area contributed by atoms with Crippen LogP contribution in [0.3, 0.4) is 0 Å². The van der Waals surface area contributed by atoms with E-state index in [1.54, 1.807) is 0 Å². The molecule has 15 aliphatic rings. The minimum absolute atomic E-state index is 0.354. The first-order valence-electron chi connectivity index (χ1n) is 29.1. The monoisotopic (exact) mass is 1020 g/mol. The van der Waals surface area contributed by atoms with Crippen molar-refractivity contribution in [2.24, 2.45) is 0 Å². The summed E-state index contributed by atoms with van der Waals surface area (Å²) >= 11 is 0. The van der Waals surface area contributed by atoms with Crippen molar-refractivity contribution in [2.75, 3.05) is 0 Å². The Labute approximate surface area is 423 Å². The second kappa shape index (κ2) is 19.6. The molecule has 6 N–H and O–H groups in total. The maximum absolute atomic E-state index is 10.9. The van der Waals surface area contributed by atoms with Crippen LogP contribution in [-0.4, -0.2) is 175 Å². The van der Waals surface area contributed by atoms with Gasteiger partial charge in [0.2, 0.25) is 0 Å². The summed E-state index contributed by atoms with van der Waals surface area (Å²) in [5.74, 6) is -3.67. The highest BCUT2D eigenvalue weighted by atomic mass is 16.8.